The molecule has 3 heteroatoms. The first-order valence-corrected chi connectivity index (χ1v) is 8.04. The SMILES string of the molecule is CC1CCCCC1N(C)CCOc1ccc(Br)cc1. The van der Waals surface area contributed by atoms with Crippen LogP contribution in [0.2, 0.25) is 0 Å². The van der Waals surface area contributed by atoms with Crippen molar-refractivity contribution < 1.29 is 4.74 Å². The van der Waals surface area contributed by atoms with Gasteiger partial charge in [-0.2, -0.15) is 0 Å². The van der Waals surface area contributed by atoms with Crippen LogP contribution in [0.1, 0.15) is 32.6 Å². The average Bonchev–Trinajstić information content (AvgIpc) is 2.41. The van der Waals surface area contributed by atoms with Gasteiger partial charge >= 0.3 is 0 Å². The summed E-state index contributed by atoms with van der Waals surface area (Å²) in [5, 5.41) is 0. The fourth-order valence-corrected chi connectivity index (χ4v) is 3.22. The van der Waals surface area contributed by atoms with Crippen LogP contribution in [0.5, 0.6) is 5.75 Å². The number of nitrogens with zero attached hydrogens (tertiary/aromatic N) is 1. The Balaban J connectivity index is 1.74. The lowest BCUT2D eigenvalue weighted by atomic mass is 9.85. The minimum Gasteiger partial charge on any atom is -0.492 e. The molecule has 106 valence electrons. The number of benzene rings is 1. The minimum absolute atomic E-state index is 0.738. The van der Waals surface area contributed by atoms with E-state index in [0.29, 0.717) is 0 Å². The minimum atomic E-state index is 0.738. The lowest BCUT2D eigenvalue weighted by Gasteiger charge is -2.36. The maximum absolute atomic E-state index is 5.80. The molecule has 0 aliphatic heterocycles. The summed E-state index contributed by atoms with van der Waals surface area (Å²) in [6.45, 7) is 4.16. The Morgan fingerprint density at radius 2 is 1.89 bits per heavy atom. The summed E-state index contributed by atoms with van der Waals surface area (Å²) in [6, 6.07) is 8.78. The highest BCUT2D eigenvalue weighted by Gasteiger charge is 2.24. The fraction of sp³-hybridized carbons (Fsp3) is 0.625. The maximum atomic E-state index is 5.80. The highest BCUT2D eigenvalue weighted by Crippen LogP contribution is 2.27. The van der Waals surface area contributed by atoms with E-state index in [9.17, 15) is 0 Å². The third kappa shape index (κ3) is 4.50. The molecule has 19 heavy (non-hydrogen) atoms. The summed E-state index contributed by atoms with van der Waals surface area (Å²) in [6.07, 6.45) is 5.51. The van der Waals surface area contributed by atoms with Gasteiger partial charge in [-0.05, 0) is 50.1 Å². The van der Waals surface area contributed by atoms with Crippen molar-refractivity contribution >= 4 is 15.9 Å². The molecule has 0 aromatic heterocycles. The maximum Gasteiger partial charge on any atom is 0.119 e. The Labute approximate surface area is 125 Å². The van der Waals surface area contributed by atoms with Gasteiger partial charge in [-0.1, -0.05) is 35.7 Å². The third-order valence-electron chi connectivity index (χ3n) is 4.16. The molecule has 0 N–H and O–H groups in total. The summed E-state index contributed by atoms with van der Waals surface area (Å²) in [4.78, 5) is 2.47. The van der Waals surface area contributed by atoms with Gasteiger partial charge in [0.15, 0.2) is 0 Å². The molecule has 1 aromatic carbocycles. The van der Waals surface area contributed by atoms with E-state index in [1.807, 2.05) is 24.3 Å². The summed E-state index contributed by atoms with van der Waals surface area (Å²) in [7, 11) is 2.23. The second kappa shape index (κ2) is 7.30. The number of ether oxygens (including phenoxy) is 1. The lowest BCUT2D eigenvalue weighted by Crippen LogP contribution is -2.40. The molecular formula is C16H24BrNO. The van der Waals surface area contributed by atoms with Gasteiger partial charge in [0.2, 0.25) is 0 Å². The van der Waals surface area contributed by atoms with Crippen molar-refractivity contribution in [2.24, 2.45) is 5.92 Å². The van der Waals surface area contributed by atoms with Gasteiger partial charge in [0, 0.05) is 17.1 Å². The Morgan fingerprint density at radius 3 is 2.58 bits per heavy atom. The van der Waals surface area contributed by atoms with E-state index in [2.05, 4.69) is 34.8 Å². The zero-order chi connectivity index (χ0) is 13.7. The molecule has 0 saturated heterocycles. The molecule has 2 unspecified atom stereocenters. The van der Waals surface area contributed by atoms with Crippen LogP contribution in [-0.2, 0) is 0 Å². The van der Waals surface area contributed by atoms with E-state index >= 15 is 0 Å². The van der Waals surface area contributed by atoms with E-state index in [1.54, 1.807) is 0 Å². The topological polar surface area (TPSA) is 12.5 Å². The van der Waals surface area contributed by atoms with Gasteiger partial charge in [0.05, 0.1) is 0 Å². The second-order valence-electron chi connectivity index (χ2n) is 5.61. The first-order chi connectivity index (χ1) is 9.16. The largest absolute Gasteiger partial charge is 0.492 e. The summed E-state index contributed by atoms with van der Waals surface area (Å²) in [5.41, 5.74) is 0. The van der Waals surface area contributed by atoms with Gasteiger partial charge in [0.25, 0.3) is 0 Å². The molecule has 1 aliphatic carbocycles. The zero-order valence-electron chi connectivity index (χ0n) is 11.9. The molecule has 0 heterocycles. The van der Waals surface area contributed by atoms with Crippen molar-refractivity contribution in [2.45, 2.75) is 38.6 Å². The highest BCUT2D eigenvalue weighted by atomic mass is 79.9. The van der Waals surface area contributed by atoms with E-state index in [1.165, 1.54) is 25.7 Å². The molecule has 1 saturated carbocycles. The van der Waals surface area contributed by atoms with Gasteiger partial charge in [0.1, 0.15) is 12.4 Å². The first-order valence-electron chi connectivity index (χ1n) is 7.25. The van der Waals surface area contributed by atoms with E-state index in [-0.39, 0.29) is 0 Å². The van der Waals surface area contributed by atoms with Crippen molar-refractivity contribution in [3.8, 4) is 5.75 Å². The molecule has 0 radical (unpaired) electrons. The van der Waals surface area contributed by atoms with E-state index in [4.69, 9.17) is 4.74 Å². The van der Waals surface area contributed by atoms with Crippen LogP contribution in [0.15, 0.2) is 28.7 Å². The van der Waals surface area contributed by atoms with Crippen LogP contribution in [0, 0.1) is 5.92 Å². The highest BCUT2D eigenvalue weighted by molar-refractivity contribution is 9.10. The number of hydrogen-bond acceptors (Lipinski definition) is 2. The molecule has 1 aliphatic rings. The van der Waals surface area contributed by atoms with Crippen LogP contribution in [0.25, 0.3) is 0 Å². The predicted octanol–water partition coefficient (Wildman–Crippen LogP) is 4.34. The van der Waals surface area contributed by atoms with E-state index in [0.717, 1.165) is 35.3 Å². The molecule has 2 atom stereocenters. The van der Waals surface area contributed by atoms with Gasteiger partial charge in [-0.15, -0.1) is 0 Å². The normalized spacial score (nSPS) is 23.6. The Kier molecular flexibility index (Phi) is 5.71. The van der Waals surface area contributed by atoms with Crippen molar-refractivity contribution in [1.82, 2.24) is 4.90 Å². The number of rotatable bonds is 5. The summed E-state index contributed by atoms with van der Waals surface area (Å²) >= 11 is 3.43. The molecule has 0 spiro atoms. The quantitative estimate of drug-likeness (QED) is 0.798. The summed E-state index contributed by atoms with van der Waals surface area (Å²) < 4.78 is 6.89. The van der Waals surface area contributed by atoms with Crippen LogP contribution in [0.4, 0.5) is 0 Å². The van der Waals surface area contributed by atoms with Crippen LogP contribution < -0.4 is 4.74 Å². The fourth-order valence-electron chi connectivity index (χ4n) is 2.96. The van der Waals surface area contributed by atoms with Crippen LogP contribution >= 0.6 is 15.9 Å². The average molecular weight is 326 g/mol. The molecule has 1 aromatic rings. The lowest BCUT2D eigenvalue weighted by molar-refractivity contribution is 0.120. The van der Waals surface area contributed by atoms with Crippen LogP contribution in [-0.4, -0.2) is 31.1 Å². The van der Waals surface area contributed by atoms with Crippen molar-refractivity contribution in [3.05, 3.63) is 28.7 Å². The molecule has 0 amide bonds. The summed E-state index contributed by atoms with van der Waals surface area (Å²) in [5.74, 6) is 1.78. The van der Waals surface area contributed by atoms with Gasteiger partial charge < -0.3 is 4.74 Å². The molecule has 2 rings (SSSR count). The van der Waals surface area contributed by atoms with Crippen LogP contribution in [0.3, 0.4) is 0 Å². The smallest absolute Gasteiger partial charge is 0.119 e. The second-order valence-corrected chi connectivity index (χ2v) is 6.53. The van der Waals surface area contributed by atoms with E-state index < -0.39 is 0 Å². The first kappa shape index (κ1) is 14.9. The third-order valence-corrected chi connectivity index (χ3v) is 4.69. The number of halogens is 1. The monoisotopic (exact) mass is 325 g/mol. The predicted molar refractivity (Wildman–Crippen MR) is 83.7 cm³/mol. The van der Waals surface area contributed by atoms with Crippen molar-refractivity contribution in [2.75, 3.05) is 20.2 Å². The van der Waals surface area contributed by atoms with Crippen molar-refractivity contribution in [1.29, 1.82) is 0 Å². The van der Waals surface area contributed by atoms with Gasteiger partial charge in [-0.25, -0.2) is 0 Å². The standard InChI is InChI=1S/C16H24BrNO/c1-13-5-3-4-6-16(13)18(2)11-12-19-15-9-7-14(17)8-10-15/h7-10,13,16H,3-6,11-12H2,1-2H3. The molecule has 1 fully saturated rings. The van der Waals surface area contributed by atoms with Crippen molar-refractivity contribution in [3.63, 3.8) is 0 Å². The number of likely N-dealkylation sites (N-methyl/N-ethyl adjacent to an activating group) is 1. The molecule has 2 nitrogen and oxygen atoms in total. The Hall–Kier alpha value is -0.540. The Bertz CT molecular complexity index is 379. The molecular weight excluding hydrogens is 302 g/mol. The zero-order valence-corrected chi connectivity index (χ0v) is 13.5. The number of hydrogen-bond donors (Lipinski definition) is 0. The molecule has 0 bridgehead atoms. The van der Waals surface area contributed by atoms with Gasteiger partial charge in [-0.3, -0.25) is 4.90 Å². The Morgan fingerprint density at radius 1 is 1.21 bits per heavy atom.